The Balaban J connectivity index is 1.41. The van der Waals surface area contributed by atoms with E-state index < -0.39 is 12.0 Å². The Morgan fingerprint density at radius 3 is 2.71 bits per heavy atom. The first-order valence-corrected chi connectivity index (χ1v) is 9.24. The molecule has 3 heterocycles. The van der Waals surface area contributed by atoms with E-state index in [1.54, 1.807) is 0 Å². The fourth-order valence-corrected chi connectivity index (χ4v) is 2.96. The van der Waals surface area contributed by atoms with Crippen molar-refractivity contribution in [3.8, 4) is 0 Å². The fraction of sp³-hybridized carbons (Fsp3) is 0.400. The molecule has 148 valence electrons. The van der Waals surface area contributed by atoms with Crippen LogP contribution < -0.4 is 5.32 Å². The molecule has 0 aromatic carbocycles. The lowest BCUT2D eigenvalue weighted by molar-refractivity contribution is -0.145. The van der Waals surface area contributed by atoms with Gasteiger partial charge in [0.25, 0.3) is 0 Å². The zero-order valence-corrected chi connectivity index (χ0v) is 15.3. The van der Waals surface area contributed by atoms with Gasteiger partial charge in [-0.05, 0) is 55.9 Å². The lowest BCUT2D eigenvalue weighted by Gasteiger charge is -2.17. The van der Waals surface area contributed by atoms with Crippen molar-refractivity contribution in [2.75, 3.05) is 11.9 Å². The SMILES string of the molecule is O=C(/C=C/c1cnc(C(F)(F)F)nc1)CCCCc1ccc2c(n1)NCCC2. The Bertz CT molecular complexity index is 848. The number of nitrogens with zero attached hydrogens (tertiary/aromatic N) is 3. The minimum atomic E-state index is -4.57. The summed E-state index contributed by atoms with van der Waals surface area (Å²) in [6.45, 7) is 0.953. The van der Waals surface area contributed by atoms with Gasteiger partial charge < -0.3 is 5.32 Å². The van der Waals surface area contributed by atoms with E-state index in [2.05, 4.69) is 26.3 Å². The summed E-state index contributed by atoms with van der Waals surface area (Å²) in [5.41, 5.74) is 2.62. The highest BCUT2D eigenvalue weighted by molar-refractivity contribution is 5.93. The minimum Gasteiger partial charge on any atom is -0.370 e. The number of alkyl halides is 3. The van der Waals surface area contributed by atoms with Crippen LogP contribution in [0.1, 0.15) is 48.3 Å². The Morgan fingerprint density at radius 1 is 1.18 bits per heavy atom. The van der Waals surface area contributed by atoms with E-state index in [1.165, 1.54) is 17.7 Å². The maximum atomic E-state index is 12.4. The lowest BCUT2D eigenvalue weighted by Crippen LogP contribution is -2.14. The normalized spacial score (nSPS) is 14.0. The molecule has 1 N–H and O–H groups in total. The van der Waals surface area contributed by atoms with Crippen LogP contribution >= 0.6 is 0 Å². The number of ketones is 1. The summed E-state index contributed by atoms with van der Waals surface area (Å²) in [6, 6.07) is 4.15. The molecule has 0 amide bonds. The molecule has 0 saturated heterocycles. The molecule has 0 unspecified atom stereocenters. The highest BCUT2D eigenvalue weighted by Gasteiger charge is 2.34. The maximum Gasteiger partial charge on any atom is 0.451 e. The van der Waals surface area contributed by atoms with E-state index in [9.17, 15) is 18.0 Å². The van der Waals surface area contributed by atoms with Crippen LogP contribution in [0.2, 0.25) is 0 Å². The van der Waals surface area contributed by atoms with Gasteiger partial charge >= 0.3 is 6.18 Å². The number of unbranched alkanes of at least 4 members (excludes halogenated alkanes) is 1. The molecule has 0 atom stereocenters. The predicted octanol–water partition coefficient (Wildman–Crippen LogP) is 4.24. The molecule has 5 nitrogen and oxygen atoms in total. The van der Waals surface area contributed by atoms with Crippen LogP contribution in [0.3, 0.4) is 0 Å². The number of rotatable bonds is 7. The average molecular weight is 390 g/mol. The van der Waals surface area contributed by atoms with Gasteiger partial charge in [-0.15, -0.1) is 0 Å². The number of hydrogen-bond acceptors (Lipinski definition) is 5. The highest BCUT2D eigenvalue weighted by atomic mass is 19.4. The third-order valence-corrected chi connectivity index (χ3v) is 4.44. The quantitative estimate of drug-likeness (QED) is 0.566. The molecule has 0 bridgehead atoms. The van der Waals surface area contributed by atoms with Crippen LogP contribution in [0.15, 0.2) is 30.6 Å². The number of pyridine rings is 1. The molecule has 3 rings (SSSR count). The number of nitrogens with one attached hydrogen (secondary N) is 1. The van der Waals surface area contributed by atoms with Gasteiger partial charge in [-0.1, -0.05) is 6.07 Å². The molecule has 0 fully saturated rings. The first kappa shape index (κ1) is 20.0. The molecule has 0 saturated carbocycles. The standard InChI is InChI=1S/C20H21F3N4O/c21-20(22,23)19-25-12-14(13-26-19)7-10-17(28)6-2-1-5-16-9-8-15-4-3-11-24-18(15)27-16/h7-10,12-13H,1-6,11H2,(H,24,27)/b10-7+. The van der Waals surface area contributed by atoms with Gasteiger partial charge in [-0.3, -0.25) is 4.79 Å². The summed E-state index contributed by atoms with van der Waals surface area (Å²) in [4.78, 5) is 23.1. The first-order valence-electron chi connectivity index (χ1n) is 9.24. The van der Waals surface area contributed by atoms with Gasteiger partial charge in [0, 0.05) is 36.6 Å². The molecule has 2 aromatic heterocycles. The van der Waals surface area contributed by atoms with Gasteiger partial charge in [-0.25, -0.2) is 15.0 Å². The highest BCUT2D eigenvalue weighted by Crippen LogP contribution is 2.25. The second kappa shape index (κ2) is 8.95. The summed E-state index contributed by atoms with van der Waals surface area (Å²) < 4.78 is 37.2. The van der Waals surface area contributed by atoms with Crippen molar-refractivity contribution in [1.29, 1.82) is 0 Å². The van der Waals surface area contributed by atoms with Crippen molar-refractivity contribution in [3.05, 3.63) is 53.2 Å². The van der Waals surface area contributed by atoms with Gasteiger partial charge in [0.15, 0.2) is 5.78 Å². The number of hydrogen-bond donors (Lipinski definition) is 1. The monoisotopic (exact) mass is 390 g/mol. The van der Waals surface area contributed by atoms with Gasteiger partial charge in [0.05, 0.1) is 0 Å². The third kappa shape index (κ3) is 5.61. The van der Waals surface area contributed by atoms with Crippen molar-refractivity contribution >= 4 is 17.7 Å². The molecule has 0 spiro atoms. The Hall–Kier alpha value is -2.77. The molecule has 0 radical (unpaired) electrons. The molecular formula is C20H21F3N4O. The zero-order valence-electron chi connectivity index (χ0n) is 15.3. The van der Waals surface area contributed by atoms with E-state index in [1.807, 2.05) is 6.07 Å². The number of aryl methyl sites for hydroxylation is 2. The Morgan fingerprint density at radius 2 is 1.96 bits per heavy atom. The number of halogens is 3. The number of anilines is 1. The van der Waals surface area contributed by atoms with Gasteiger partial charge in [-0.2, -0.15) is 13.2 Å². The van der Waals surface area contributed by atoms with Crippen molar-refractivity contribution < 1.29 is 18.0 Å². The van der Waals surface area contributed by atoms with Crippen LogP contribution in [0.4, 0.5) is 19.0 Å². The molecule has 0 aliphatic carbocycles. The Kier molecular flexibility index (Phi) is 6.38. The molecular weight excluding hydrogens is 369 g/mol. The molecule has 2 aromatic rings. The van der Waals surface area contributed by atoms with E-state index in [0.717, 1.165) is 62.6 Å². The second-order valence-corrected chi connectivity index (χ2v) is 6.69. The summed E-state index contributed by atoms with van der Waals surface area (Å²) in [7, 11) is 0. The lowest BCUT2D eigenvalue weighted by atomic mass is 10.0. The van der Waals surface area contributed by atoms with Crippen LogP contribution in [0.5, 0.6) is 0 Å². The number of carbonyl (C=O) groups is 1. The number of fused-ring (bicyclic) bond motifs is 1. The van der Waals surface area contributed by atoms with E-state index >= 15 is 0 Å². The van der Waals surface area contributed by atoms with E-state index in [-0.39, 0.29) is 5.78 Å². The maximum absolute atomic E-state index is 12.4. The molecule has 8 heteroatoms. The second-order valence-electron chi connectivity index (χ2n) is 6.69. The first-order chi connectivity index (χ1) is 13.4. The summed E-state index contributed by atoms with van der Waals surface area (Å²) in [5, 5.41) is 3.31. The number of allylic oxidation sites excluding steroid dienone is 1. The smallest absolute Gasteiger partial charge is 0.370 e. The van der Waals surface area contributed by atoms with Crippen molar-refractivity contribution in [2.24, 2.45) is 0 Å². The van der Waals surface area contributed by atoms with Crippen LogP contribution in [0, 0.1) is 0 Å². The van der Waals surface area contributed by atoms with Crippen molar-refractivity contribution in [2.45, 2.75) is 44.7 Å². The van der Waals surface area contributed by atoms with Crippen LogP contribution in [-0.2, 0) is 23.8 Å². The molecule has 1 aliphatic rings. The minimum absolute atomic E-state index is 0.0834. The summed E-state index contributed by atoms with van der Waals surface area (Å²) in [5.74, 6) is -0.302. The zero-order chi connectivity index (χ0) is 20.0. The third-order valence-electron chi connectivity index (χ3n) is 4.44. The average Bonchev–Trinajstić information content (AvgIpc) is 2.69. The Labute approximate surface area is 161 Å². The number of carbonyl (C=O) groups excluding carboxylic acids is 1. The van der Waals surface area contributed by atoms with E-state index in [4.69, 9.17) is 0 Å². The fourth-order valence-electron chi connectivity index (χ4n) is 2.96. The van der Waals surface area contributed by atoms with Gasteiger partial charge in [0.1, 0.15) is 5.82 Å². The summed E-state index contributed by atoms with van der Waals surface area (Å²) in [6.07, 6.45) is 5.24. The van der Waals surface area contributed by atoms with Crippen molar-refractivity contribution in [1.82, 2.24) is 15.0 Å². The predicted molar refractivity (Wildman–Crippen MR) is 99.7 cm³/mol. The largest absolute Gasteiger partial charge is 0.451 e. The van der Waals surface area contributed by atoms with Crippen LogP contribution in [0.25, 0.3) is 6.08 Å². The van der Waals surface area contributed by atoms with Crippen LogP contribution in [-0.4, -0.2) is 27.3 Å². The van der Waals surface area contributed by atoms with E-state index in [0.29, 0.717) is 12.0 Å². The number of aromatic nitrogens is 3. The molecule has 28 heavy (non-hydrogen) atoms. The molecule has 1 aliphatic heterocycles. The summed E-state index contributed by atoms with van der Waals surface area (Å²) >= 11 is 0. The van der Waals surface area contributed by atoms with Crippen molar-refractivity contribution in [3.63, 3.8) is 0 Å². The topological polar surface area (TPSA) is 67.8 Å². The van der Waals surface area contributed by atoms with Gasteiger partial charge in [0.2, 0.25) is 5.82 Å².